The Balaban J connectivity index is 2.65. The lowest BCUT2D eigenvalue weighted by Crippen LogP contribution is -2.25. The van der Waals surface area contributed by atoms with Crippen LogP contribution in [0.2, 0.25) is 5.02 Å². The molecule has 0 unspecified atom stereocenters. The van der Waals surface area contributed by atoms with Gasteiger partial charge in [-0.1, -0.05) is 11.6 Å². The van der Waals surface area contributed by atoms with Crippen LogP contribution in [0.1, 0.15) is 29.4 Å². The summed E-state index contributed by atoms with van der Waals surface area (Å²) < 4.78 is 27.6. The minimum Gasteiger partial charge on any atom is -0.398 e. The van der Waals surface area contributed by atoms with Crippen molar-refractivity contribution in [3.8, 4) is 0 Å². The largest absolute Gasteiger partial charge is 0.398 e. The van der Waals surface area contributed by atoms with E-state index in [0.29, 0.717) is 0 Å². The molecule has 0 aliphatic heterocycles. The molecule has 1 heterocycles. The lowest BCUT2D eigenvalue weighted by molar-refractivity contribution is 0.0460. The lowest BCUT2D eigenvalue weighted by Gasteiger charge is -2.25. The van der Waals surface area contributed by atoms with Crippen LogP contribution in [0.5, 0.6) is 0 Å². The van der Waals surface area contributed by atoms with Gasteiger partial charge in [-0.3, -0.25) is 4.79 Å². The third kappa shape index (κ3) is 2.51. The SMILES string of the molecule is CC1=CC(N)=C(c2cc(Cl)cnc2C(N)=O)CC1(F)F. The molecule has 4 nitrogen and oxygen atoms in total. The summed E-state index contributed by atoms with van der Waals surface area (Å²) in [4.78, 5) is 15.2. The van der Waals surface area contributed by atoms with Crippen LogP contribution in [0.4, 0.5) is 8.78 Å². The summed E-state index contributed by atoms with van der Waals surface area (Å²) >= 11 is 5.81. The summed E-state index contributed by atoms with van der Waals surface area (Å²) in [5.41, 5.74) is 11.1. The van der Waals surface area contributed by atoms with Gasteiger partial charge in [-0.05, 0) is 30.2 Å². The monoisotopic (exact) mass is 299 g/mol. The molecule has 0 aromatic carbocycles. The molecule has 1 aromatic rings. The molecule has 20 heavy (non-hydrogen) atoms. The number of allylic oxidation sites excluding steroid dienone is 3. The van der Waals surface area contributed by atoms with E-state index >= 15 is 0 Å². The van der Waals surface area contributed by atoms with E-state index in [1.807, 2.05) is 0 Å². The molecule has 1 aliphatic carbocycles. The van der Waals surface area contributed by atoms with Gasteiger partial charge in [0.1, 0.15) is 5.69 Å². The molecule has 0 atom stereocenters. The van der Waals surface area contributed by atoms with E-state index < -0.39 is 18.3 Å². The van der Waals surface area contributed by atoms with Crippen LogP contribution in [0, 0.1) is 0 Å². The maximum Gasteiger partial charge on any atom is 0.273 e. The van der Waals surface area contributed by atoms with E-state index in [2.05, 4.69) is 4.98 Å². The van der Waals surface area contributed by atoms with Crippen molar-refractivity contribution in [3.05, 3.63) is 45.9 Å². The maximum absolute atomic E-state index is 13.8. The molecule has 0 saturated carbocycles. The van der Waals surface area contributed by atoms with Gasteiger partial charge >= 0.3 is 0 Å². The molecule has 0 saturated heterocycles. The van der Waals surface area contributed by atoms with Gasteiger partial charge in [-0.15, -0.1) is 0 Å². The van der Waals surface area contributed by atoms with Crippen molar-refractivity contribution in [2.24, 2.45) is 11.5 Å². The van der Waals surface area contributed by atoms with Crippen molar-refractivity contribution < 1.29 is 13.6 Å². The number of halogens is 3. The number of rotatable bonds is 2. The highest BCUT2D eigenvalue weighted by molar-refractivity contribution is 6.30. The number of amides is 1. The number of primary amides is 1. The zero-order valence-electron chi connectivity index (χ0n) is 10.6. The molecule has 0 bridgehead atoms. The van der Waals surface area contributed by atoms with E-state index in [1.165, 1.54) is 25.3 Å². The predicted molar refractivity (Wildman–Crippen MR) is 72.2 cm³/mol. The molecular formula is C13H12ClF2N3O. The lowest BCUT2D eigenvalue weighted by atomic mass is 9.88. The first-order valence-electron chi connectivity index (χ1n) is 5.73. The summed E-state index contributed by atoms with van der Waals surface area (Å²) in [6, 6.07) is 1.36. The second-order valence-corrected chi connectivity index (χ2v) is 4.99. The molecule has 1 aromatic heterocycles. The van der Waals surface area contributed by atoms with Crippen LogP contribution in [-0.2, 0) is 0 Å². The van der Waals surface area contributed by atoms with Crippen molar-refractivity contribution in [1.82, 2.24) is 4.98 Å². The average Bonchev–Trinajstić information content (AvgIpc) is 2.33. The van der Waals surface area contributed by atoms with Gasteiger partial charge in [-0.2, -0.15) is 0 Å². The highest BCUT2D eigenvalue weighted by Crippen LogP contribution is 2.40. The fourth-order valence-corrected chi connectivity index (χ4v) is 2.16. The molecule has 1 amide bonds. The van der Waals surface area contributed by atoms with Gasteiger partial charge in [0.2, 0.25) is 0 Å². The molecule has 0 spiro atoms. The van der Waals surface area contributed by atoms with Crippen LogP contribution >= 0.6 is 11.6 Å². The standard InChI is InChI=1S/C13H12ClF2N3O/c1-6-2-10(17)9(4-13(6,15)16)8-3-7(14)5-19-11(8)12(18)20/h2-3,5H,4,17H2,1H3,(H2,18,20). The molecule has 2 rings (SSSR count). The van der Waals surface area contributed by atoms with Crippen molar-refractivity contribution in [2.45, 2.75) is 19.3 Å². The average molecular weight is 300 g/mol. The Labute approximate surface area is 119 Å². The maximum atomic E-state index is 13.8. The zero-order valence-corrected chi connectivity index (χ0v) is 11.3. The van der Waals surface area contributed by atoms with Crippen molar-refractivity contribution in [2.75, 3.05) is 0 Å². The summed E-state index contributed by atoms with van der Waals surface area (Å²) in [5.74, 6) is -3.86. The number of aromatic nitrogens is 1. The Morgan fingerprint density at radius 3 is 2.75 bits per heavy atom. The van der Waals surface area contributed by atoms with Crippen LogP contribution in [0.3, 0.4) is 0 Å². The quantitative estimate of drug-likeness (QED) is 0.880. The number of pyridine rings is 1. The first-order chi connectivity index (χ1) is 9.22. The summed E-state index contributed by atoms with van der Waals surface area (Å²) in [6.45, 7) is 1.30. The van der Waals surface area contributed by atoms with E-state index in [0.717, 1.165) is 0 Å². The number of nitrogens with two attached hydrogens (primary N) is 2. The summed E-state index contributed by atoms with van der Waals surface area (Å²) in [5, 5.41) is 0.208. The molecule has 106 valence electrons. The van der Waals surface area contributed by atoms with Crippen LogP contribution in [-0.4, -0.2) is 16.8 Å². The number of carbonyl (C=O) groups excluding carboxylic acids is 1. The predicted octanol–water partition coefficient (Wildman–Crippen LogP) is 2.49. The molecular weight excluding hydrogens is 288 g/mol. The van der Waals surface area contributed by atoms with Crippen molar-refractivity contribution >= 4 is 23.1 Å². The highest BCUT2D eigenvalue weighted by Gasteiger charge is 2.37. The highest BCUT2D eigenvalue weighted by atomic mass is 35.5. The minimum absolute atomic E-state index is 0.115. The third-order valence-electron chi connectivity index (χ3n) is 3.11. The van der Waals surface area contributed by atoms with Crippen LogP contribution in [0.15, 0.2) is 29.6 Å². The Hall–Kier alpha value is -1.95. The summed E-state index contributed by atoms with van der Waals surface area (Å²) in [7, 11) is 0. The topological polar surface area (TPSA) is 82.0 Å². The second kappa shape index (κ2) is 4.86. The Morgan fingerprint density at radius 2 is 2.15 bits per heavy atom. The van der Waals surface area contributed by atoms with Crippen molar-refractivity contribution in [3.63, 3.8) is 0 Å². The first kappa shape index (κ1) is 14.5. The third-order valence-corrected chi connectivity index (χ3v) is 3.32. The normalized spacial score (nSPS) is 17.9. The van der Waals surface area contributed by atoms with E-state index in [4.69, 9.17) is 23.1 Å². The van der Waals surface area contributed by atoms with Crippen LogP contribution < -0.4 is 11.5 Å². The zero-order chi connectivity index (χ0) is 15.1. The second-order valence-electron chi connectivity index (χ2n) is 4.56. The van der Waals surface area contributed by atoms with E-state index in [-0.39, 0.29) is 33.1 Å². The fraction of sp³-hybridized carbons (Fsp3) is 0.231. The van der Waals surface area contributed by atoms with Gasteiger partial charge in [0.25, 0.3) is 11.8 Å². The number of hydrogen-bond donors (Lipinski definition) is 2. The molecule has 0 radical (unpaired) electrons. The van der Waals surface area contributed by atoms with Gasteiger partial charge in [-0.25, -0.2) is 13.8 Å². The van der Waals surface area contributed by atoms with E-state index in [1.54, 1.807) is 0 Å². The minimum atomic E-state index is -3.03. The molecule has 4 N–H and O–H groups in total. The Morgan fingerprint density at radius 1 is 1.50 bits per heavy atom. The van der Waals surface area contributed by atoms with Gasteiger partial charge in [0.05, 0.1) is 5.02 Å². The molecule has 0 fully saturated rings. The smallest absolute Gasteiger partial charge is 0.273 e. The summed E-state index contributed by atoms with van der Waals surface area (Å²) in [6.07, 6.45) is 1.79. The fourth-order valence-electron chi connectivity index (χ4n) is 2.01. The van der Waals surface area contributed by atoms with Crippen molar-refractivity contribution in [1.29, 1.82) is 0 Å². The number of alkyl halides is 2. The number of carbonyl (C=O) groups is 1. The van der Waals surface area contributed by atoms with Gasteiger partial charge in [0.15, 0.2) is 0 Å². The Bertz CT molecular complexity index is 653. The van der Waals surface area contributed by atoms with E-state index in [9.17, 15) is 13.6 Å². The van der Waals surface area contributed by atoms with Gasteiger partial charge in [0, 0.05) is 23.9 Å². The first-order valence-corrected chi connectivity index (χ1v) is 6.11. The molecule has 1 aliphatic rings. The van der Waals surface area contributed by atoms with Gasteiger partial charge < -0.3 is 11.5 Å². The molecule has 7 heteroatoms. The van der Waals surface area contributed by atoms with Crippen LogP contribution in [0.25, 0.3) is 5.57 Å². The Kier molecular flexibility index (Phi) is 3.52. The number of hydrogen-bond acceptors (Lipinski definition) is 3. The number of nitrogens with zero attached hydrogens (tertiary/aromatic N) is 1.